The fourth-order valence-corrected chi connectivity index (χ4v) is 2.31. The smallest absolute Gasteiger partial charge is 0.418 e. The number of halogens is 3. The van der Waals surface area contributed by atoms with Crippen LogP contribution in [0.25, 0.3) is 22.3 Å². The van der Waals surface area contributed by atoms with Crippen molar-refractivity contribution < 1.29 is 22.7 Å². The van der Waals surface area contributed by atoms with Crippen LogP contribution in [0.2, 0.25) is 0 Å². The maximum atomic E-state index is 13.3. The molecule has 0 radical (unpaired) electrons. The van der Waals surface area contributed by atoms with E-state index in [0.29, 0.717) is 5.56 Å². The van der Waals surface area contributed by atoms with Crippen LogP contribution in [0.15, 0.2) is 42.5 Å². The van der Waals surface area contributed by atoms with Crippen LogP contribution in [0.5, 0.6) is 0 Å². The number of carbonyl (C=O) groups is 1. The van der Waals surface area contributed by atoms with Gasteiger partial charge in [0, 0.05) is 5.56 Å². The van der Waals surface area contributed by atoms with E-state index < -0.39 is 17.7 Å². The number of aromatic nitrogens is 2. The number of benzene rings is 1. The first-order valence-corrected chi connectivity index (χ1v) is 6.65. The van der Waals surface area contributed by atoms with Crippen LogP contribution in [0, 0.1) is 0 Å². The summed E-state index contributed by atoms with van der Waals surface area (Å²) >= 11 is 0. The fourth-order valence-electron chi connectivity index (χ4n) is 2.31. The summed E-state index contributed by atoms with van der Waals surface area (Å²) in [5.74, 6) is -0.752. The van der Waals surface area contributed by atoms with Crippen molar-refractivity contribution in [3.8, 4) is 11.3 Å². The molecule has 1 aromatic carbocycles. The van der Waals surface area contributed by atoms with Gasteiger partial charge in [0.2, 0.25) is 0 Å². The van der Waals surface area contributed by atoms with E-state index in [4.69, 9.17) is 0 Å². The van der Waals surface area contributed by atoms with Crippen LogP contribution in [0.3, 0.4) is 0 Å². The summed E-state index contributed by atoms with van der Waals surface area (Å²) in [6.07, 6.45) is -4.58. The van der Waals surface area contributed by atoms with Gasteiger partial charge in [-0.25, -0.2) is 9.78 Å². The molecular weight excluding hydrogens is 309 g/mol. The topological polar surface area (TPSA) is 55.0 Å². The van der Waals surface area contributed by atoms with E-state index in [1.54, 1.807) is 30.3 Å². The zero-order valence-corrected chi connectivity index (χ0v) is 11.9. The molecule has 3 aromatic rings. The highest BCUT2D eigenvalue weighted by atomic mass is 19.4. The van der Waals surface area contributed by atoms with Crippen LogP contribution >= 0.6 is 0 Å². The van der Waals surface area contributed by atoms with E-state index in [1.807, 2.05) is 0 Å². The van der Waals surface area contributed by atoms with Crippen LogP contribution in [-0.4, -0.2) is 23.0 Å². The number of hydrogen-bond acceptors (Lipinski definition) is 3. The first-order valence-electron chi connectivity index (χ1n) is 6.65. The van der Waals surface area contributed by atoms with Gasteiger partial charge in [-0.15, -0.1) is 0 Å². The van der Waals surface area contributed by atoms with Crippen molar-refractivity contribution in [2.75, 3.05) is 7.11 Å². The maximum Gasteiger partial charge on any atom is 0.418 e. The van der Waals surface area contributed by atoms with Gasteiger partial charge < -0.3 is 9.72 Å². The Bertz CT molecular complexity index is 870. The summed E-state index contributed by atoms with van der Waals surface area (Å²) < 4.78 is 44.6. The molecule has 0 atom stereocenters. The molecule has 0 spiro atoms. The lowest BCUT2D eigenvalue weighted by atomic mass is 10.1. The van der Waals surface area contributed by atoms with Crippen molar-refractivity contribution in [3.63, 3.8) is 0 Å². The molecule has 4 nitrogen and oxygen atoms in total. The minimum absolute atomic E-state index is 0.0547. The van der Waals surface area contributed by atoms with Crippen LogP contribution in [0.4, 0.5) is 13.2 Å². The standard InChI is InChI=1S/C16H11F3N2O2/c1-23-15(22)13-8-12-14(21-13)10(16(17,18)19)7-11(20-12)9-5-3-2-4-6-9/h2-8,21H,1H3. The molecule has 7 heteroatoms. The number of rotatable bonds is 2. The van der Waals surface area contributed by atoms with E-state index in [0.717, 1.165) is 13.2 Å². The first-order chi connectivity index (χ1) is 10.9. The van der Waals surface area contributed by atoms with Crippen molar-refractivity contribution in [3.05, 3.63) is 53.7 Å². The molecule has 0 saturated carbocycles. The Labute approximate surface area is 128 Å². The number of hydrogen-bond donors (Lipinski definition) is 1. The third-order valence-electron chi connectivity index (χ3n) is 3.37. The van der Waals surface area contributed by atoms with Crippen molar-refractivity contribution in [1.82, 2.24) is 9.97 Å². The monoisotopic (exact) mass is 320 g/mol. The van der Waals surface area contributed by atoms with Gasteiger partial charge in [-0.2, -0.15) is 13.2 Å². The second-order valence-corrected chi connectivity index (χ2v) is 4.85. The number of aromatic amines is 1. The Hall–Kier alpha value is -2.83. The van der Waals surface area contributed by atoms with Gasteiger partial charge in [-0.1, -0.05) is 30.3 Å². The minimum atomic E-state index is -4.58. The van der Waals surface area contributed by atoms with Gasteiger partial charge in [0.05, 0.1) is 29.4 Å². The van der Waals surface area contributed by atoms with Crippen LogP contribution in [-0.2, 0) is 10.9 Å². The number of alkyl halides is 3. The second kappa shape index (κ2) is 5.42. The van der Waals surface area contributed by atoms with Gasteiger partial charge in [-0.3, -0.25) is 0 Å². The lowest BCUT2D eigenvalue weighted by Crippen LogP contribution is -2.07. The number of nitrogens with one attached hydrogen (secondary N) is 1. The molecule has 1 N–H and O–H groups in total. The van der Waals surface area contributed by atoms with Crippen LogP contribution < -0.4 is 0 Å². The quantitative estimate of drug-likeness (QED) is 0.725. The average Bonchev–Trinajstić information content (AvgIpc) is 2.96. The minimum Gasteiger partial charge on any atom is -0.464 e. The fraction of sp³-hybridized carbons (Fsp3) is 0.125. The Kier molecular flexibility index (Phi) is 3.55. The number of nitrogens with zero attached hydrogens (tertiary/aromatic N) is 1. The maximum absolute atomic E-state index is 13.3. The molecule has 0 fully saturated rings. The number of esters is 1. The molecule has 0 amide bonds. The average molecular weight is 320 g/mol. The summed E-state index contributed by atoms with van der Waals surface area (Å²) in [4.78, 5) is 18.2. The van der Waals surface area contributed by atoms with E-state index in [1.165, 1.54) is 6.07 Å². The lowest BCUT2D eigenvalue weighted by Gasteiger charge is -2.10. The molecule has 118 valence electrons. The highest BCUT2D eigenvalue weighted by molar-refractivity contribution is 5.95. The molecule has 0 aliphatic rings. The van der Waals surface area contributed by atoms with Crippen LogP contribution in [0.1, 0.15) is 16.1 Å². The molecular formula is C16H11F3N2O2. The number of H-pyrrole nitrogens is 1. The van der Waals surface area contributed by atoms with Gasteiger partial charge in [0.15, 0.2) is 0 Å². The molecule has 2 heterocycles. The number of pyridine rings is 1. The van der Waals surface area contributed by atoms with Gasteiger partial charge >= 0.3 is 12.1 Å². The predicted molar refractivity (Wildman–Crippen MR) is 77.9 cm³/mol. The largest absolute Gasteiger partial charge is 0.464 e. The van der Waals surface area contributed by atoms with E-state index in [-0.39, 0.29) is 22.4 Å². The number of ether oxygens (including phenoxy) is 1. The summed E-state index contributed by atoms with van der Waals surface area (Å²) in [5.41, 5.74) is -0.402. The second-order valence-electron chi connectivity index (χ2n) is 4.85. The van der Waals surface area contributed by atoms with Crippen molar-refractivity contribution >= 4 is 17.0 Å². The summed E-state index contributed by atoms with van der Waals surface area (Å²) in [5, 5.41) is 0. The van der Waals surface area contributed by atoms with Gasteiger partial charge in [0.25, 0.3) is 0 Å². The number of carbonyl (C=O) groups excluding carboxylic acids is 1. The highest BCUT2D eigenvalue weighted by Crippen LogP contribution is 2.36. The molecule has 0 bridgehead atoms. The number of fused-ring (bicyclic) bond motifs is 1. The first kappa shape index (κ1) is 15.1. The SMILES string of the molecule is COC(=O)c1cc2nc(-c3ccccc3)cc(C(F)(F)F)c2[nH]1. The summed E-state index contributed by atoms with van der Waals surface area (Å²) in [6.45, 7) is 0. The molecule has 2 aromatic heterocycles. The van der Waals surface area contributed by atoms with E-state index in [2.05, 4.69) is 14.7 Å². The zero-order valence-electron chi connectivity index (χ0n) is 11.9. The van der Waals surface area contributed by atoms with E-state index >= 15 is 0 Å². The molecule has 0 aliphatic carbocycles. The van der Waals surface area contributed by atoms with Crippen molar-refractivity contribution in [2.24, 2.45) is 0 Å². The summed E-state index contributed by atoms with van der Waals surface area (Å²) in [6, 6.07) is 10.7. The van der Waals surface area contributed by atoms with E-state index in [9.17, 15) is 18.0 Å². The lowest BCUT2D eigenvalue weighted by molar-refractivity contribution is -0.136. The summed E-state index contributed by atoms with van der Waals surface area (Å²) in [7, 11) is 1.15. The third-order valence-corrected chi connectivity index (χ3v) is 3.37. The number of methoxy groups -OCH3 is 1. The molecule has 0 saturated heterocycles. The normalized spacial score (nSPS) is 11.7. The third kappa shape index (κ3) is 2.77. The molecule has 3 rings (SSSR count). The Morgan fingerprint density at radius 1 is 1.17 bits per heavy atom. The molecule has 0 unspecified atom stereocenters. The van der Waals surface area contributed by atoms with Gasteiger partial charge in [-0.05, 0) is 12.1 Å². The highest BCUT2D eigenvalue weighted by Gasteiger charge is 2.35. The molecule has 23 heavy (non-hydrogen) atoms. The predicted octanol–water partition coefficient (Wildman–Crippen LogP) is 4.04. The Morgan fingerprint density at radius 2 is 1.87 bits per heavy atom. The van der Waals surface area contributed by atoms with Crippen molar-refractivity contribution in [1.29, 1.82) is 0 Å². The molecule has 0 aliphatic heterocycles. The van der Waals surface area contributed by atoms with Gasteiger partial charge in [0.1, 0.15) is 5.69 Å². The Balaban J connectivity index is 2.27. The Morgan fingerprint density at radius 3 is 2.48 bits per heavy atom. The zero-order chi connectivity index (χ0) is 16.6. The van der Waals surface area contributed by atoms with Crippen molar-refractivity contribution in [2.45, 2.75) is 6.18 Å².